The first-order valence-corrected chi connectivity index (χ1v) is 11.0. The standard InChI is InChI=1S/C24H35N3O4/c1-15(2)8-9-27-16(3)10-21(19(27)6)11-22(12-25)24(29)31-20(7)23(28)26-13-17(4)30-18(5)14-26/h10-11,15,17-18,20H,8-9,13-14H2,1-7H3/b22-11+. The third kappa shape index (κ3) is 6.44. The third-order valence-electron chi connectivity index (χ3n) is 5.55. The van der Waals surface area contributed by atoms with E-state index >= 15 is 0 Å². The van der Waals surface area contributed by atoms with Gasteiger partial charge in [0.15, 0.2) is 6.10 Å². The molecule has 1 aliphatic heterocycles. The summed E-state index contributed by atoms with van der Waals surface area (Å²) in [5, 5.41) is 9.53. The van der Waals surface area contributed by atoms with Crippen LogP contribution >= 0.6 is 0 Å². The molecule has 0 radical (unpaired) electrons. The predicted octanol–water partition coefficient (Wildman–Crippen LogP) is 3.63. The fourth-order valence-corrected chi connectivity index (χ4v) is 3.89. The minimum Gasteiger partial charge on any atom is -0.448 e. The number of hydrogen-bond donors (Lipinski definition) is 0. The number of amides is 1. The lowest BCUT2D eigenvalue weighted by molar-refractivity contribution is -0.161. The molecule has 1 aliphatic rings. The van der Waals surface area contributed by atoms with Gasteiger partial charge in [0.1, 0.15) is 11.6 Å². The van der Waals surface area contributed by atoms with Gasteiger partial charge in [0.2, 0.25) is 0 Å². The van der Waals surface area contributed by atoms with Gasteiger partial charge in [0.05, 0.1) is 12.2 Å². The summed E-state index contributed by atoms with van der Waals surface area (Å²) in [5.41, 5.74) is 2.77. The highest BCUT2D eigenvalue weighted by Crippen LogP contribution is 2.20. The average molecular weight is 430 g/mol. The molecule has 7 nitrogen and oxygen atoms in total. The number of carbonyl (C=O) groups is 2. The van der Waals surface area contributed by atoms with Crippen molar-refractivity contribution in [2.45, 2.75) is 79.7 Å². The number of nitrogens with zero attached hydrogens (tertiary/aromatic N) is 3. The molecule has 0 saturated carbocycles. The van der Waals surface area contributed by atoms with E-state index in [2.05, 4.69) is 18.4 Å². The summed E-state index contributed by atoms with van der Waals surface area (Å²) in [5.74, 6) is -0.481. The van der Waals surface area contributed by atoms with Crippen LogP contribution in [0.2, 0.25) is 0 Å². The van der Waals surface area contributed by atoms with Crippen molar-refractivity contribution in [1.29, 1.82) is 5.26 Å². The van der Waals surface area contributed by atoms with E-state index in [-0.39, 0.29) is 23.7 Å². The Balaban J connectivity index is 2.11. The SMILES string of the molecule is Cc1cc(/C=C(\C#N)C(=O)OC(C)C(=O)N2CC(C)OC(C)C2)c(C)n1CCC(C)C. The van der Waals surface area contributed by atoms with Gasteiger partial charge >= 0.3 is 5.97 Å². The second-order valence-electron chi connectivity index (χ2n) is 8.88. The summed E-state index contributed by atoms with van der Waals surface area (Å²) >= 11 is 0. The van der Waals surface area contributed by atoms with Crippen molar-refractivity contribution in [3.8, 4) is 6.07 Å². The quantitative estimate of drug-likeness (QED) is 0.375. The molecule has 3 unspecified atom stereocenters. The fraction of sp³-hybridized carbons (Fsp3) is 0.625. The largest absolute Gasteiger partial charge is 0.448 e. The molecule has 1 aromatic rings. The van der Waals surface area contributed by atoms with Gasteiger partial charge in [-0.3, -0.25) is 4.79 Å². The summed E-state index contributed by atoms with van der Waals surface area (Å²) < 4.78 is 13.2. The van der Waals surface area contributed by atoms with Crippen molar-refractivity contribution >= 4 is 18.0 Å². The van der Waals surface area contributed by atoms with Crippen molar-refractivity contribution in [3.05, 3.63) is 28.6 Å². The second kappa shape index (κ2) is 10.6. The van der Waals surface area contributed by atoms with E-state index in [1.54, 1.807) is 11.0 Å². The lowest BCUT2D eigenvalue weighted by Gasteiger charge is -2.36. The van der Waals surface area contributed by atoms with Gasteiger partial charge in [-0.15, -0.1) is 0 Å². The maximum absolute atomic E-state index is 12.7. The van der Waals surface area contributed by atoms with E-state index in [0.29, 0.717) is 19.0 Å². The van der Waals surface area contributed by atoms with E-state index < -0.39 is 12.1 Å². The number of esters is 1. The first kappa shape index (κ1) is 24.7. The van der Waals surface area contributed by atoms with E-state index in [9.17, 15) is 14.9 Å². The van der Waals surface area contributed by atoms with Crippen LogP contribution in [0.1, 0.15) is 58.0 Å². The first-order valence-electron chi connectivity index (χ1n) is 11.0. The van der Waals surface area contributed by atoms with Crippen LogP contribution in [0, 0.1) is 31.1 Å². The lowest BCUT2D eigenvalue weighted by atomic mass is 10.1. The van der Waals surface area contributed by atoms with Crippen LogP contribution in [-0.4, -0.2) is 52.7 Å². The van der Waals surface area contributed by atoms with Gasteiger partial charge in [0, 0.05) is 31.0 Å². The van der Waals surface area contributed by atoms with Crippen molar-refractivity contribution in [2.24, 2.45) is 5.92 Å². The highest BCUT2D eigenvalue weighted by Gasteiger charge is 2.31. The Bertz CT molecular complexity index is 868. The smallest absolute Gasteiger partial charge is 0.349 e. The molecule has 170 valence electrons. The minimum atomic E-state index is -0.972. The molecule has 1 amide bonds. The zero-order valence-corrected chi connectivity index (χ0v) is 19.8. The Hall–Kier alpha value is -2.59. The fourth-order valence-electron chi connectivity index (χ4n) is 3.89. The van der Waals surface area contributed by atoms with Crippen LogP contribution in [-0.2, 0) is 25.6 Å². The van der Waals surface area contributed by atoms with Crippen LogP contribution in [0.25, 0.3) is 6.08 Å². The van der Waals surface area contributed by atoms with Crippen molar-refractivity contribution < 1.29 is 19.1 Å². The topological polar surface area (TPSA) is 84.6 Å². The molecule has 0 spiro atoms. The molecule has 2 heterocycles. The summed E-state index contributed by atoms with van der Waals surface area (Å²) in [7, 11) is 0. The van der Waals surface area contributed by atoms with Gasteiger partial charge in [-0.05, 0) is 64.7 Å². The van der Waals surface area contributed by atoms with Gasteiger partial charge in [-0.1, -0.05) is 13.8 Å². The van der Waals surface area contributed by atoms with Crippen LogP contribution < -0.4 is 0 Å². The molecular formula is C24H35N3O4. The molecule has 0 bridgehead atoms. The molecule has 1 fully saturated rings. The molecule has 2 rings (SSSR count). The van der Waals surface area contributed by atoms with Crippen LogP contribution in [0.5, 0.6) is 0 Å². The first-order chi connectivity index (χ1) is 14.5. The number of carbonyl (C=O) groups excluding carboxylic acids is 2. The Morgan fingerprint density at radius 1 is 1.26 bits per heavy atom. The summed E-state index contributed by atoms with van der Waals surface area (Å²) in [6, 6.07) is 3.89. The highest BCUT2D eigenvalue weighted by atomic mass is 16.5. The van der Waals surface area contributed by atoms with Crippen molar-refractivity contribution in [3.63, 3.8) is 0 Å². The van der Waals surface area contributed by atoms with Gasteiger partial charge < -0.3 is 18.9 Å². The maximum atomic E-state index is 12.7. The van der Waals surface area contributed by atoms with E-state index in [1.807, 2.05) is 39.8 Å². The number of ether oxygens (including phenoxy) is 2. The molecule has 3 atom stereocenters. The van der Waals surface area contributed by atoms with Crippen LogP contribution in [0.3, 0.4) is 0 Å². The van der Waals surface area contributed by atoms with E-state index in [4.69, 9.17) is 9.47 Å². The van der Waals surface area contributed by atoms with E-state index in [1.165, 1.54) is 6.92 Å². The molecule has 0 aliphatic carbocycles. The lowest BCUT2D eigenvalue weighted by Crippen LogP contribution is -2.51. The van der Waals surface area contributed by atoms with E-state index in [0.717, 1.165) is 29.9 Å². The zero-order valence-electron chi connectivity index (χ0n) is 19.8. The monoisotopic (exact) mass is 429 g/mol. The van der Waals surface area contributed by atoms with Crippen molar-refractivity contribution in [2.75, 3.05) is 13.1 Å². The molecule has 0 aromatic carbocycles. The van der Waals surface area contributed by atoms with Gasteiger partial charge in [-0.25, -0.2) is 4.79 Å². The summed E-state index contributed by atoms with van der Waals surface area (Å²) in [6.45, 7) is 15.5. The Morgan fingerprint density at radius 3 is 2.42 bits per heavy atom. The summed E-state index contributed by atoms with van der Waals surface area (Å²) in [4.78, 5) is 27.0. The Morgan fingerprint density at radius 2 is 1.87 bits per heavy atom. The number of rotatable bonds is 7. The molecule has 0 N–H and O–H groups in total. The number of aromatic nitrogens is 1. The van der Waals surface area contributed by atoms with Crippen LogP contribution in [0.4, 0.5) is 0 Å². The predicted molar refractivity (Wildman–Crippen MR) is 119 cm³/mol. The Labute approximate surface area is 185 Å². The minimum absolute atomic E-state index is 0.0730. The highest BCUT2D eigenvalue weighted by molar-refractivity contribution is 5.99. The van der Waals surface area contributed by atoms with Crippen LogP contribution in [0.15, 0.2) is 11.6 Å². The molecule has 7 heteroatoms. The normalized spacial score (nSPS) is 20.5. The molecule has 1 saturated heterocycles. The molecular weight excluding hydrogens is 394 g/mol. The average Bonchev–Trinajstić information content (AvgIpc) is 2.95. The third-order valence-corrected chi connectivity index (χ3v) is 5.55. The van der Waals surface area contributed by atoms with Gasteiger partial charge in [-0.2, -0.15) is 5.26 Å². The number of hydrogen-bond acceptors (Lipinski definition) is 5. The maximum Gasteiger partial charge on any atom is 0.349 e. The zero-order chi connectivity index (χ0) is 23.3. The van der Waals surface area contributed by atoms with Gasteiger partial charge in [0.25, 0.3) is 5.91 Å². The molecule has 31 heavy (non-hydrogen) atoms. The van der Waals surface area contributed by atoms with Crippen molar-refractivity contribution in [1.82, 2.24) is 9.47 Å². The molecule has 1 aromatic heterocycles. The number of nitriles is 1. The second-order valence-corrected chi connectivity index (χ2v) is 8.88. The summed E-state index contributed by atoms with van der Waals surface area (Å²) in [6.07, 6.45) is 1.48. The Kier molecular flexibility index (Phi) is 8.46. The number of aryl methyl sites for hydroxylation is 1. The number of morpholine rings is 1.